The number of ether oxygens (including phenoxy) is 1. The smallest absolute Gasteiger partial charge is 0.412 e. The molecule has 0 aliphatic carbocycles. The van der Waals surface area contributed by atoms with E-state index in [9.17, 15) is 4.79 Å². The summed E-state index contributed by atoms with van der Waals surface area (Å²) in [5, 5.41) is 2.56. The van der Waals surface area contributed by atoms with E-state index >= 15 is 0 Å². The van der Waals surface area contributed by atoms with Crippen molar-refractivity contribution in [2.24, 2.45) is 0 Å². The molecule has 0 bridgehead atoms. The molecule has 1 N–H and O–H groups in total. The van der Waals surface area contributed by atoms with Crippen LogP contribution < -0.4 is 5.32 Å². The molecule has 0 saturated carbocycles. The molecular weight excluding hydrogens is 206 g/mol. The predicted molar refractivity (Wildman–Crippen MR) is 61.4 cm³/mol. The highest BCUT2D eigenvalue weighted by Gasteiger charge is 2.07. The van der Waals surface area contributed by atoms with Gasteiger partial charge in [0.05, 0.1) is 24.2 Å². The highest BCUT2D eigenvalue weighted by Crippen LogP contribution is 2.08. The minimum atomic E-state index is -0.477. The van der Waals surface area contributed by atoms with Gasteiger partial charge in [0, 0.05) is 0 Å². The predicted octanol–water partition coefficient (Wildman–Crippen LogP) is 2.44. The number of nitrogens with zero attached hydrogens (tertiary/aromatic N) is 2. The first-order valence-electron chi connectivity index (χ1n) is 5.37. The fraction of sp³-hybridized carbons (Fsp3) is 0.545. The number of unbranched alkanes of at least 4 members (excludes halogenated alkanes) is 1. The largest absolute Gasteiger partial charge is 0.449 e. The van der Waals surface area contributed by atoms with Gasteiger partial charge in [0.25, 0.3) is 0 Å². The Hall–Kier alpha value is -1.65. The number of amides is 1. The van der Waals surface area contributed by atoms with E-state index in [0.29, 0.717) is 18.1 Å². The van der Waals surface area contributed by atoms with E-state index < -0.39 is 6.09 Å². The summed E-state index contributed by atoms with van der Waals surface area (Å²) in [7, 11) is 0. The molecule has 0 aliphatic heterocycles. The molecule has 1 heterocycles. The first-order chi connectivity index (χ1) is 7.63. The number of nitrogens with one attached hydrogen (secondary N) is 1. The van der Waals surface area contributed by atoms with E-state index in [2.05, 4.69) is 15.3 Å². The maximum Gasteiger partial charge on any atom is 0.412 e. The van der Waals surface area contributed by atoms with Crippen LogP contribution in [0.3, 0.4) is 0 Å². The molecular formula is C11H17N3O2. The summed E-state index contributed by atoms with van der Waals surface area (Å²) in [4.78, 5) is 19.6. The van der Waals surface area contributed by atoms with Crippen LogP contribution >= 0.6 is 0 Å². The third kappa shape index (κ3) is 3.84. The molecule has 88 valence electrons. The Kier molecular flexibility index (Phi) is 4.69. The summed E-state index contributed by atoms with van der Waals surface area (Å²) in [5.74, 6) is 0.451. The maximum absolute atomic E-state index is 11.3. The van der Waals surface area contributed by atoms with Crippen molar-refractivity contribution in [1.82, 2.24) is 9.97 Å². The molecule has 5 heteroatoms. The second-order valence-corrected chi connectivity index (χ2v) is 3.56. The van der Waals surface area contributed by atoms with Crippen molar-refractivity contribution in [1.29, 1.82) is 0 Å². The van der Waals surface area contributed by atoms with Crippen LogP contribution in [0.4, 0.5) is 10.6 Å². The quantitative estimate of drug-likeness (QED) is 0.796. The fourth-order valence-electron chi connectivity index (χ4n) is 1.16. The van der Waals surface area contributed by atoms with Gasteiger partial charge in [-0.05, 0) is 20.3 Å². The summed E-state index contributed by atoms with van der Waals surface area (Å²) in [6, 6.07) is 0. The molecule has 1 amide bonds. The lowest BCUT2D eigenvalue weighted by Crippen LogP contribution is -2.16. The van der Waals surface area contributed by atoms with Crippen molar-refractivity contribution >= 4 is 11.9 Å². The molecule has 0 aliphatic rings. The molecule has 1 rings (SSSR count). The molecule has 5 nitrogen and oxygen atoms in total. The molecule has 0 fully saturated rings. The topological polar surface area (TPSA) is 64.1 Å². The fourth-order valence-corrected chi connectivity index (χ4v) is 1.16. The number of aromatic nitrogens is 2. The van der Waals surface area contributed by atoms with Crippen molar-refractivity contribution in [2.75, 3.05) is 11.9 Å². The highest BCUT2D eigenvalue weighted by molar-refractivity contribution is 5.83. The third-order valence-corrected chi connectivity index (χ3v) is 2.02. The van der Waals surface area contributed by atoms with Crippen LogP contribution in [-0.4, -0.2) is 22.7 Å². The van der Waals surface area contributed by atoms with E-state index in [0.717, 1.165) is 18.5 Å². The lowest BCUT2D eigenvalue weighted by molar-refractivity contribution is 0.159. The van der Waals surface area contributed by atoms with E-state index in [1.54, 1.807) is 13.1 Å². The zero-order valence-electron chi connectivity index (χ0n) is 9.91. The van der Waals surface area contributed by atoms with Crippen LogP contribution in [0.15, 0.2) is 6.20 Å². The molecule has 0 saturated heterocycles. The van der Waals surface area contributed by atoms with E-state index in [1.165, 1.54) is 0 Å². The van der Waals surface area contributed by atoms with Gasteiger partial charge in [-0.15, -0.1) is 0 Å². The van der Waals surface area contributed by atoms with Crippen LogP contribution in [0.5, 0.6) is 0 Å². The van der Waals surface area contributed by atoms with Crippen LogP contribution in [0.25, 0.3) is 0 Å². The van der Waals surface area contributed by atoms with Crippen molar-refractivity contribution in [3.05, 3.63) is 17.6 Å². The summed E-state index contributed by atoms with van der Waals surface area (Å²) in [5.41, 5.74) is 1.51. The Morgan fingerprint density at radius 1 is 1.50 bits per heavy atom. The van der Waals surface area contributed by atoms with Crippen LogP contribution in [0.2, 0.25) is 0 Å². The van der Waals surface area contributed by atoms with Gasteiger partial charge >= 0.3 is 6.09 Å². The molecule has 16 heavy (non-hydrogen) atoms. The Bertz CT molecular complexity index is 366. The van der Waals surface area contributed by atoms with E-state index in [-0.39, 0.29) is 0 Å². The van der Waals surface area contributed by atoms with Crippen LogP contribution in [0.1, 0.15) is 31.2 Å². The summed E-state index contributed by atoms with van der Waals surface area (Å²) in [6.07, 6.45) is 2.99. The van der Waals surface area contributed by atoms with Gasteiger partial charge in [-0.25, -0.2) is 9.78 Å². The number of aryl methyl sites for hydroxylation is 2. The normalized spacial score (nSPS) is 9.94. The Labute approximate surface area is 95.3 Å². The highest BCUT2D eigenvalue weighted by atomic mass is 16.5. The van der Waals surface area contributed by atoms with Gasteiger partial charge in [-0.2, -0.15) is 0 Å². The average molecular weight is 223 g/mol. The van der Waals surface area contributed by atoms with Gasteiger partial charge in [0.1, 0.15) is 0 Å². The minimum absolute atomic E-state index is 0.431. The van der Waals surface area contributed by atoms with Crippen molar-refractivity contribution in [2.45, 2.75) is 33.6 Å². The van der Waals surface area contributed by atoms with Crippen molar-refractivity contribution in [3.8, 4) is 0 Å². The van der Waals surface area contributed by atoms with Crippen molar-refractivity contribution in [3.63, 3.8) is 0 Å². The first kappa shape index (κ1) is 12.4. The Balaban J connectivity index is 2.49. The van der Waals surface area contributed by atoms with Gasteiger partial charge in [0.2, 0.25) is 0 Å². The average Bonchev–Trinajstić information content (AvgIpc) is 2.23. The Morgan fingerprint density at radius 2 is 2.25 bits per heavy atom. The molecule has 0 radical (unpaired) electrons. The second-order valence-electron chi connectivity index (χ2n) is 3.56. The van der Waals surface area contributed by atoms with Gasteiger partial charge in [0.15, 0.2) is 5.82 Å². The maximum atomic E-state index is 11.3. The summed E-state index contributed by atoms with van der Waals surface area (Å²) < 4.78 is 4.95. The molecule has 0 spiro atoms. The standard InChI is InChI=1S/C11H17N3O2/c1-4-5-6-16-11(15)14-10-9(3)13-8(2)7-12-10/h7H,4-6H2,1-3H3,(H,12,14,15). The van der Waals surface area contributed by atoms with E-state index in [4.69, 9.17) is 4.74 Å². The van der Waals surface area contributed by atoms with Crippen molar-refractivity contribution < 1.29 is 9.53 Å². The van der Waals surface area contributed by atoms with Gasteiger partial charge < -0.3 is 4.74 Å². The molecule has 1 aromatic rings. The zero-order chi connectivity index (χ0) is 12.0. The number of anilines is 1. The molecule has 1 aromatic heterocycles. The van der Waals surface area contributed by atoms with Gasteiger partial charge in [-0.3, -0.25) is 10.3 Å². The number of hydrogen-bond donors (Lipinski definition) is 1. The Morgan fingerprint density at radius 3 is 2.88 bits per heavy atom. The monoisotopic (exact) mass is 223 g/mol. The van der Waals surface area contributed by atoms with Crippen LogP contribution in [-0.2, 0) is 4.74 Å². The summed E-state index contributed by atoms with van der Waals surface area (Å²) in [6.45, 7) is 6.11. The number of rotatable bonds is 4. The molecule has 0 unspecified atom stereocenters. The lowest BCUT2D eigenvalue weighted by atomic mass is 10.4. The zero-order valence-corrected chi connectivity index (χ0v) is 9.91. The summed E-state index contributed by atoms with van der Waals surface area (Å²) >= 11 is 0. The number of carbonyl (C=O) groups excluding carboxylic acids is 1. The SMILES string of the molecule is CCCCOC(=O)Nc1ncc(C)nc1C. The third-order valence-electron chi connectivity index (χ3n) is 2.02. The number of carbonyl (C=O) groups is 1. The van der Waals surface area contributed by atoms with Crippen LogP contribution in [0, 0.1) is 13.8 Å². The molecule has 0 aromatic carbocycles. The first-order valence-corrected chi connectivity index (χ1v) is 5.37. The van der Waals surface area contributed by atoms with Gasteiger partial charge in [-0.1, -0.05) is 13.3 Å². The lowest BCUT2D eigenvalue weighted by Gasteiger charge is -2.07. The molecule has 0 atom stereocenters. The second kappa shape index (κ2) is 6.05. The van der Waals surface area contributed by atoms with E-state index in [1.807, 2.05) is 13.8 Å². The minimum Gasteiger partial charge on any atom is -0.449 e. The number of hydrogen-bond acceptors (Lipinski definition) is 4.